The number of amides is 1. The van der Waals surface area contributed by atoms with E-state index < -0.39 is 12.0 Å². The van der Waals surface area contributed by atoms with Crippen molar-refractivity contribution in [1.82, 2.24) is 15.3 Å². The van der Waals surface area contributed by atoms with Gasteiger partial charge in [0.25, 0.3) is 5.91 Å². The lowest BCUT2D eigenvalue weighted by Crippen LogP contribution is -2.43. The SMILES string of the molecule is COC(=O)[C@H](Cc1ccc2ccccc2n1)NC(=O)c1ccncc1. The van der Waals surface area contributed by atoms with Crippen LogP contribution < -0.4 is 5.32 Å². The average molecular weight is 335 g/mol. The number of hydrogen-bond acceptors (Lipinski definition) is 5. The summed E-state index contributed by atoms with van der Waals surface area (Å²) in [5.41, 5.74) is 1.96. The Morgan fingerprint density at radius 2 is 1.84 bits per heavy atom. The third kappa shape index (κ3) is 3.98. The van der Waals surface area contributed by atoms with Crippen LogP contribution in [0.25, 0.3) is 10.9 Å². The van der Waals surface area contributed by atoms with Gasteiger partial charge in [0.2, 0.25) is 0 Å². The van der Waals surface area contributed by atoms with Crippen molar-refractivity contribution in [2.24, 2.45) is 0 Å². The molecule has 0 fully saturated rings. The van der Waals surface area contributed by atoms with E-state index in [1.54, 1.807) is 12.1 Å². The maximum atomic E-state index is 12.3. The third-order valence-electron chi connectivity index (χ3n) is 3.80. The standard InChI is InChI=1S/C19H17N3O3/c1-25-19(24)17(22-18(23)14-8-10-20-11-9-14)12-15-7-6-13-4-2-3-5-16(13)21-15/h2-11,17H,12H2,1H3,(H,22,23)/t17-/m0/s1. The highest BCUT2D eigenvalue weighted by Gasteiger charge is 2.23. The van der Waals surface area contributed by atoms with Crippen LogP contribution in [0.3, 0.4) is 0 Å². The maximum Gasteiger partial charge on any atom is 0.328 e. The maximum absolute atomic E-state index is 12.3. The third-order valence-corrected chi connectivity index (χ3v) is 3.80. The van der Waals surface area contributed by atoms with Crippen molar-refractivity contribution in [3.05, 3.63) is 72.2 Å². The summed E-state index contributed by atoms with van der Waals surface area (Å²) in [5.74, 6) is -0.879. The molecule has 0 radical (unpaired) electrons. The Balaban J connectivity index is 1.80. The van der Waals surface area contributed by atoms with Gasteiger partial charge in [-0.1, -0.05) is 24.3 Å². The summed E-state index contributed by atoms with van der Waals surface area (Å²) >= 11 is 0. The number of methoxy groups -OCH3 is 1. The Morgan fingerprint density at radius 1 is 1.08 bits per heavy atom. The number of hydrogen-bond donors (Lipinski definition) is 1. The number of para-hydroxylation sites is 1. The minimum atomic E-state index is -0.820. The van der Waals surface area contributed by atoms with E-state index in [-0.39, 0.29) is 12.3 Å². The van der Waals surface area contributed by atoms with Gasteiger partial charge in [0.05, 0.1) is 12.6 Å². The van der Waals surface area contributed by atoms with Crippen molar-refractivity contribution in [1.29, 1.82) is 0 Å². The molecule has 1 atom stereocenters. The molecule has 3 aromatic rings. The number of nitrogens with zero attached hydrogens (tertiary/aromatic N) is 2. The molecule has 2 aromatic heterocycles. The Hall–Kier alpha value is -3.28. The molecular weight excluding hydrogens is 318 g/mol. The zero-order valence-electron chi connectivity index (χ0n) is 13.7. The quantitative estimate of drug-likeness (QED) is 0.723. The fraction of sp³-hybridized carbons (Fsp3) is 0.158. The second-order valence-electron chi connectivity index (χ2n) is 5.48. The molecule has 0 aliphatic rings. The number of nitrogens with one attached hydrogen (secondary N) is 1. The van der Waals surface area contributed by atoms with E-state index in [9.17, 15) is 9.59 Å². The number of rotatable bonds is 5. The van der Waals surface area contributed by atoms with E-state index in [0.29, 0.717) is 11.3 Å². The van der Waals surface area contributed by atoms with Gasteiger partial charge >= 0.3 is 5.97 Å². The number of fused-ring (bicyclic) bond motifs is 1. The number of esters is 1. The number of pyridine rings is 2. The zero-order chi connectivity index (χ0) is 17.6. The lowest BCUT2D eigenvalue weighted by Gasteiger charge is -2.16. The van der Waals surface area contributed by atoms with Crippen LogP contribution in [0.15, 0.2) is 60.9 Å². The van der Waals surface area contributed by atoms with Gasteiger partial charge in [-0.3, -0.25) is 14.8 Å². The number of carbonyl (C=O) groups excluding carboxylic acids is 2. The van der Waals surface area contributed by atoms with Crippen molar-refractivity contribution >= 4 is 22.8 Å². The molecule has 25 heavy (non-hydrogen) atoms. The second-order valence-corrected chi connectivity index (χ2v) is 5.48. The summed E-state index contributed by atoms with van der Waals surface area (Å²) in [5, 5.41) is 3.71. The summed E-state index contributed by atoms with van der Waals surface area (Å²) in [6, 6.07) is 13.8. The summed E-state index contributed by atoms with van der Waals surface area (Å²) in [4.78, 5) is 32.8. The lowest BCUT2D eigenvalue weighted by molar-refractivity contribution is -0.142. The van der Waals surface area contributed by atoms with Gasteiger partial charge in [-0.25, -0.2) is 4.79 Å². The molecule has 0 unspecified atom stereocenters. The number of aromatic nitrogens is 2. The Morgan fingerprint density at radius 3 is 2.60 bits per heavy atom. The summed E-state index contributed by atoms with van der Waals surface area (Å²) in [7, 11) is 1.29. The average Bonchev–Trinajstić information content (AvgIpc) is 2.67. The van der Waals surface area contributed by atoms with E-state index in [2.05, 4.69) is 15.3 Å². The first-order valence-corrected chi connectivity index (χ1v) is 7.81. The van der Waals surface area contributed by atoms with Gasteiger partial charge in [-0.2, -0.15) is 0 Å². The largest absolute Gasteiger partial charge is 0.467 e. The Bertz CT molecular complexity index is 897. The molecule has 0 bridgehead atoms. The first-order chi connectivity index (χ1) is 12.2. The van der Waals surface area contributed by atoms with Gasteiger partial charge < -0.3 is 10.1 Å². The number of carbonyl (C=O) groups is 2. The predicted octanol–water partition coefficient (Wildman–Crippen LogP) is 2.14. The smallest absolute Gasteiger partial charge is 0.328 e. The van der Waals surface area contributed by atoms with Crippen LogP contribution in [0.4, 0.5) is 0 Å². The molecule has 126 valence electrons. The second kappa shape index (κ2) is 7.53. The molecule has 6 heteroatoms. The Kier molecular flexibility index (Phi) is 4.99. The van der Waals surface area contributed by atoms with E-state index >= 15 is 0 Å². The molecule has 3 rings (SSSR count). The lowest BCUT2D eigenvalue weighted by atomic mass is 10.1. The van der Waals surface area contributed by atoms with Gasteiger partial charge in [0.15, 0.2) is 0 Å². The number of benzene rings is 1. The highest BCUT2D eigenvalue weighted by atomic mass is 16.5. The molecule has 0 saturated heterocycles. The highest BCUT2D eigenvalue weighted by Crippen LogP contribution is 2.13. The van der Waals surface area contributed by atoms with E-state index in [1.807, 2.05) is 36.4 Å². The van der Waals surface area contributed by atoms with Crippen molar-refractivity contribution in [2.45, 2.75) is 12.5 Å². The van der Waals surface area contributed by atoms with Gasteiger partial charge in [0.1, 0.15) is 6.04 Å². The molecule has 0 spiro atoms. The van der Waals surface area contributed by atoms with Crippen molar-refractivity contribution < 1.29 is 14.3 Å². The molecule has 1 amide bonds. The van der Waals surface area contributed by atoms with Crippen molar-refractivity contribution in [3.8, 4) is 0 Å². The summed E-state index contributed by atoms with van der Waals surface area (Å²) in [6.45, 7) is 0. The zero-order valence-corrected chi connectivity index (χ0v) is 13.7. The predicted molar refractivity (Wildman–Crippen MR) is 93.0 cm³/mol. The molecule has 6 nitrogen and oxygen atoms in total. The topological polar surface area (TPSA) is 81.2 Å². The summed E-state index contributed by atoms with van der Waals surface area (Å²) in [6.07, 6.45) is 3.29. The molecule has 1 aromatic carbocycles. The molecular formula is C19H17N3O3. The molecule has 2 heterocycles. The normalized spacial score (nSPS) is 11.7. The molecule has 0 saturated carbocycles. The van der Waals surface area contributed by atoms with Crippen LogP contribution in [0.5, 0.6) is 0 Å². The van der Waals surface area contributed by atoms with E-state index in [4.69, 9.17) is 4.74 Å². The van der Waals surface area contributed by atoms with E-state index in [0.717, 1.165) is 10.9 Å². The van der Waals surface area contributed by atoms with Crippen LogP contribution in [0.1, 0.15) is 16.1 Å². The van der Waals surface area contributed by atoms with Crippen LogP contribution >= 0.6 is 0 Å². The highest BCUT2D eigenvalue weighted by molar-refractivity contribution is 5.96. The molecule has 0 aliphatic carbocycles. The fourth-order valence-electron chi connectivity index (χ4n) is 2.51. The van der Waals surface area contributed by atoms with E-state index in [1.165, 1.54) is 19.5 Å². The van der Waals surface area contributed by atoms with Gasteiger partial charge in [-0.05, 0) is 24.3 Å². The van der Waals surface area contributed by atoms with Gasteiger partial charge in [-0.15, -0.1) is 0 Å². The van der Waals surface area contributed by atoms with Crippen molar-refractivity contribution in [3.63, 3.8) is 0 Å². The minimum absolute atomic E-state index is 0.244. The van der Waals surface area contributed by atoms with Gasteiger partial charge in [0, 0.05) is 35.5 Å². The van der Waals surface area contributed by atoms with Crippen LogP contribution in [-0.2, 0) is 16.0 Å². The fourth-order valence-corrected chi connectivity index (χ4v) is 2.51. The monoisotopic (exact) mass is 335 g/mol. The van der Waals surface area contributed by atoms with Crippen LogP contribution in [0, 0.1) is 0 Å². The van der Waals surface area contributed by atoms with Crippen molar-refractivity contribution in [2.75, 3.05) is 7.11 Å². The van der Waals surface area contributed by atoms with Crippen LogP contribution in [-0.4, -0.2) is 35.0 Å². The minimum Gasteiger partial charge on any atom is -0.467 e. The molecule has 0 aliphatic heterocycles. The summed E-state index contributed by atoms with van der Waals surface area (Å²) < 4.78 is 4.82. The first kappa shape index (κ1) is 16.6. The number of ether oxygens (including phenoxy) is 1. The first-order valence-electron chi connectivity index (χ1n) is 7.81. The van der Waals surface area contributed by atoms with Crippen LogP contribution in [0.2, 0.25) is 0 Å². The molecule has 1 N–H and O–H groups in total. The Labute approximate surface area is 144 Å².